The van der Waals surface area contributed by atoms with Gasteiger partial charge in [0.15, 0.2) is 18.1 Å². The maximum atomic E-state index is 13.2. The molecule has 3 aromatic rings. The second kappa shape index (κ2) is 14.8. The molecule has 0 saturated carbocycles. The van der Waals surface area contributed by atoms with Crippen molar-refractivity contribution in [2.24, 2.45) is 0 Å². The molecule has 11 nitrogen and oxygen atoms in total. The van der Waals surface area contributed by atoms with E-state index in [2.05, 4.69) is 15.5 Å². The number of hydrogen-bond donors (Lipinski definition) is 2. The summed E-state index contributed by atoms with van der Waals surface area (Å²) in [4.78, 5) is 54.5. The topological polar surface area (TPSA) is 127 Å². The summed E-state index contributed by atoms with van der Waals surface area (Å²) < 4.78 is 16.9. The van der Waals surface area contributed by atoms with E-state index in [0.717, 1.165) is 27.9 Å². The van der Waals surface area contributed by atoms with E-state index in [-0.39, 0.29) is 17.4 Å². The molecule has 0 unspecified atom stereocenters. The third kappa shape index (κ3) is 8.22. The van der Waals surface area contributed by atoms with Crippen LogP contribution in [0.4, 0.5) is 21.9 Å². The molecule has 0 radical (unpaired) electrons. The van der Waals surface area contributed by atoms with Gasteiger partial charge in [-0.25, -0.2) is 0 Å². The van der Waals surface area contributed by atoms with Gasteiger partial charge in [-0.05, 0) is 73.6 Å². The number of nitrogens with zero attached hydrogens (tertiary/aromatic N) is 2. The molecule has 2 aliphatic rings. The van der Waals surface area contributed by atoms with Gasteiger partial charge in [-0.15, -0.1) is 0 Å². The lowest BCUT2D eigenvalue weighted by Gasteiger charge is -2.30. The molecule has 5 rings (SSSR count). The van der Waals surface area contributed by atoms with Crippen LogP contribution in [0, 0.1) is 6.92 Å². The fourth-order valence-electron chi connectivity index (χ4n) is 4.76. The van der Waals surface area contributed by atoms with Gasteiger partial charge in [0.25, 0.3) is 17.1 Å². The van der Waals surface area contributed by atoms with Crippen molar-refractivity contribution in [3.63, 3.8) is 0 Å². The number of hydrogen-bond acceptors (Lipinski definition) is 9. The zero-order valence-corrected chi connectivity index (χ0v) is 25.9. The molecule has 0 aliphatic carbocycles. The number of morpholine rings is 1. The van der Waals surface area contributed by atoms with E-state index in [4.69, 9.17) is 14.2 Å². The number of thioether (sulfide) groups is 1. The number of imide groups is 1. The Balaban J connectivity index is 1.21. The van der Waals surface area contributed by atoms with Crippen LogP contribution in [0.2, 0.25) is 0 Å². The van der Waals surface area contributed by atoms with Crippen LogP contribution in [0.15, 0.2) is 71.6 Å². The van der Waals surface area contributed by atoms with Gasteiger partial charge >= 0.3 is 0 Å². The van der Waals surface area contributed by atoms with Crippen molar-refractivity contribution in [3.8, 4) is 11.5 Å². The number of anilines is 3. The summed E-state index contributed by atoms with van der Waals surface area (Å²) in [6, 6.07) is 19.8. The Bertz CT molecular complexity index is 1600. The molecule has 0 atom stereocenters. The summed E-state index contributed by atoms with van der Waals surface area (Å²) >= 11 is 0.762. The van der Waals surface area contributed by atoms with Gasteiger partial charge in [0.2, 0.25) is 5.91 Å². The minimum Gasteiger partial charge on any atom is -0.490 e. The number of amides is 4. The third-order valence-corrected chi connectivity index (χ3v) is 7.87. The van der Waals surface area contributed by atoms with Crippen LogP contribution in [0.3, 0.4) is 0 Å². The Morgan fingerprint density at radius 1 is 0.933 bits per heavy atom. The van der Waals surface area contributed by atoms with E-state index in [9.17, 15) is 19.2 Å². The van der Waals surface area contributed by atoms with Crippen molar-refractivity contribution < 1.29 is 33.4 Å². The number of aryl methyl sites for hydroxylation is 1. The molecule has 3 aromatic carbocycles. The molecule has 2 heterocycles. The molecule has 2 aliphatic heterocycles. The van der Waals surface area contributed by atoms with Crippen molar-refractivity contribution in [3.05, 3.63) is 82.8 Å². The number of ether oxygens (including phenoxy) is 3. The molecule has 12 heteroatoms. The zero-order chi connectivity index (χ0) is 31.8. The monoisotopic (exact) mass is 630 g/mol. The molecule has 2 fully saturated rings. The molecule has 0 aromatic heterocycles. The lowest BCUT2D eigenvalue weighted by atomic mass is 10.2. The second-order valence-corrected chi connectivity index (χ2v) is 11.3. The summed E-state index contributed by atoms with van der Waals surface area (Å²) in [5.74, 6) is -0.631. The van der Waals surface area contributed by atoms with Crippen LogP contribution in [-0.4, -0.2) is 73.9 Å². The first-order valence-electron chi connectivity index (χ1n) is 14.5. The number of carbonyl (C=O) groups excluding carboxylic acids is 4. The van der Waals surface area contributed by atoms with E-state index in [0.29, 0.717) is 61.3 Å². The Kier molecular flexibility index (Phi) is 10.4. The van der Waals surface area contributed by atoms with E-state index >= 15 is 0 Å². The molecule has 2 saturated heterocycles. The molecule has 2 N–H and O–H groups in total. The predicted molar refractivity (Wildman–Crippen MR) is 174 cm³/mol. The first-order valence-corrected chi connectivity index (χ1v) is 15.4. The predicted octanol–water partition coefficient (Wildman–Crippen LogP) is 4.92. The Hall–Kier alpha value is -4.81. The number of para-hydroxylation sites is 2. The summed E-state index contributed by atoms with van der Waals surface area (Å²) in [6.07, 6.45) is 1.56. The van der Waals surface area contributed by atoms with Crippen LogP contribution < -0.4 is 25.0 Å². The Labute approximate surface area is 265 Å². The summed E-state index contributed by atoms with van der Waals surface area (Å²) in [5, 5.41) is 5.10. The Morgan fingerprint density at radius 2 is 1.69 bits per heavy atom. The summed E-state index contributed by atoms with van der Waals surface area (Å²) in [7, 11) is 0. The SMILES string of the molecule is CCOc1cc(/C=C2\SC(=O)N(CC(=O)Nc3ccccc3N3CCOCC3)C2=O)ccc1OCC(=O)Nc1ccc(C)cc1. The first kappa shape index (κ1) is 31.6. The maximum absolute atomic E-state index is 13.2. The van der Waals surface area contributed by atoms with Gasteiger partial charge in [-0.3, -0.25) is 24.1 Å². The highest BCUT2D eigenvalue weighted by Crippen LogP contribution is 2.35. The molecule has 45 heavy (non-hydrogen) atoms. The zero-order valence-electron chi connectivity index (χ0n) is 25.0. The van der Waals surface area contributed by atoms with Crippen LogP contribution in [0.1, 0.15) is 18.1 Å². The molecular weight excluding hydrogens is 596 g/mol. The van der Waals surface area contributed by atoms with Crippen LogP contribution in [-0.2, 0) is 19.1 Å². The van der Waals surface area contributed by atoms with Crippen molar-refractivity contribution in [2.75, 3.05) is 61.6 Å². The van der Waals surface area contributed by atoms with Crippen molar-refractivity contribution in [1.82, 2.24) is 4.90 Å². The molecule has 234 valence electrons. The molecular formula is C33H34N4O7S. The fourth-order valence-corrected chi connectivity index (χ4v) is 5.60. The molecule has 4 amide bonds. The third-order valence-electron chi connectivity index (χ3n) is 6.96. The summed E-state index contributed by atoms with van der Waals surface area (Å²) in [5.41, 5.74) is 3.79. The van der Waals surface area contributed by atoms with E-state index in [1.54, 1.807) is 30.3 Å². The number of carbonyl (C=O) groups is 4. The van der Waals surface area contributed by atoms with Gasteiger partial charge in [-0.1, -0.05) is 35.9 Å². The fraction of sp³-hybridized carbons (Fsp3) is 0.273. The number of nitrogens with one attached hydrogen (secondary N) is 2. The lowest BCUT2D eigenvalue weighted by molar-refractivity contribution is -0.127. The standard InChI is InChI=1S/C33H34N4O7S/c1-3-43-28-18-23(10-13-27(28)44-21-31(39)34-24-11-8-22(2)9-12-24)19-29-32(40)37(33(41)45-29)20-30(38)35-25-6-4-5-7-26(25)36-14-16-42-17-15-36/h4-13,18-19H,3,14-17,20-21H2,1-2H3,(H,34,39)(H,35,38)/b29-19-. The summed E-state index contributed by atoms with van der Waals surface area (Å²) in [6.45, 7) is 6.06. The van der Waals surface area contributed by atoms with Gasteiger partial charge in [0, 0.05) is 18.8 Å². The maximum Gasteiger partial charge on any atom is 0.294 e. The number of benzene rings is 3. The highest BCUT2D eigenvalue weighted by molar-refractivity contribution is 8.18. The second-order valence-electron chi connectivity index (χ2n) is 10.3. The minimum absolute atomic E-state index is 0.176. The van der Waals surface area contributed by atoms with Crippen molar-refractivity contribution in [1.29, 1.82) is 0 Å². The molecule has 0 spiro atoms. The van der Waals surface area contributed by atoms with Gasteiger partial charge in [-0.2, -0.15) is 0 Å². The highest BCUT2D eigenvalue weighted by atomic mass is 32.2. The van der Waals surface area contributed by atoms with Gasteiger partial charge < -0.3 is 29.7 Å². The highest BCUT2D eigenvalue weighted by Gasteiger charge is 2.36. The first-order chi connectivity index (χ1) is 21.8. The van der Waals surface area contributed by atoms with Crippen molar-refractivity contribution in [2.45, 2.75) is 13.8 Å². The largest absolute Gasteiger partial charge is 0.490 e. The Morgan fingerprint density at radius 3 is 2.44 bits per heavy atom. The lowest BCUT2D eigenvalue weighted by Crippen LogP contribution is -2.38. The normalized spacial score (nSPS) is 15.7. The van der Waals surface area contributed by atoms with E-state index in [1.165, 1.54) is 0 Å². The average Bonchev–Trinajstić information content (AvgIpc) is 3.29. The van der Waals surface area contributed by atoms with Gasteiger partial charge in [0.05, 0.1) is 36.1 Å². The smallest absolute Gasteiger partial charge is 0.294 e. The van der Waals surface area contributed by atoms with Crippen LogP contribution in [0.5, 0.6) is 11.5 Å². The average molecular weight is 631 g/mol. The van der Waals surface area contributed by atoms with E-state index in [1.807, 2.05) is 56.3 Å². The number of rotatable bonds is 11. The van der Waals surface area contributed by atoms with Crippen LogP contribution >= 0.6 is 11.8 Å². The van der Waals surface area contributed by atoms with E-state index < -0.39 is 23.6 Å². The van der Waals surface area contributed by atoms with Crippen molar-refractivity contribution >= 4 is 57.9 Å². The van der Waals surface area contributed by atoms with Gasteiger partial charge in [0.1, 0.15) is 6.54 Å². The van der Waals surface area contributed by atoms with Crippen LogP contribution in [0.25, 0.3) is 6.08 Å². The molecule has 0 bridgehead atoms. The quantitative estimate of drug-likeness (QED) is 0.284. The minimum atomic E-state index is -0.562.